The smallest absolute Gasteiger partial charge is 0.408 e. The molecule has 4 rings (SSSR count). The third-order valence-corrected chi connectivity index (χ3v) is 6.65. The summed E-state index contributed by atoms with van der Waals surface area (Å²) in [5, 5.41) is 2.26. The second-order valence-corrected chi connectivity index (χ2v) is 9.07. The van der Waals surface area contributed by atoms with Crippen molar-refractivity contribution in [1.82, 2.24) is 9.29 Å². The Morgan fingerprint density at radius 1 is 1.13 bits per heavy atom. The average molecular weight is 451 g/mol. The fraction of sp³-hybridized carbons (Fsp3) is 0.300. The number of nitrogens with one attached hydrogen (secondary N) is 2. The van der Waals surface area contributed by atoms with Crippen molar-refractivity contribution in [2.75, 3.05) is 5.32 Å². The Morgan fingerprint density at radius 3 is 2.58 bits per heavy atom. The van der Waals surface area contributed by atoms with E-state index in [-0.39, 0.29) is 27.7 Å². The van der Waals surface area contributed by atoms with E-state index in [4.69, 9.17) is 4.42 Å². The highest BCUT2D eigenvalue weighted by Crippen LogP contribution is 2.23. The van der Waals surface area contributed by atoms with E-state index in [2.05, 4.69) is 10.0 Å². The van der Waals surface area contributed by atoms with Gasteiger partial charge in [0.25, 0.3) is 0 Å². The van der Waals surface area contributed by atoms with E-state index in [1.54, 1.807) is 0 Å². The third kappa shape index (κ3) is 4.52. The lowest BCUT2D eigenvalue weighted by Gasteiger charge is -2.12. The molecule has 1 fully saturated rings. The van der Waals surface area contributed by atoms with Crippen LogP contribution in [-0.2, 0) is 21.4 Å². The molecule has 8 nitrogen and oxygen atoms in total. The number of aromatic nitrogens is 1. The zero-order valence-electron chi connectivity index (χ0n) is 16.2. The van der Waals surface area contributed by atoms with Crippen LogP contribution in [0.5, 0.6) is 0 Å². The van der Waals surface area contributed by atoms with E-state index in [1.807, 2.05) is 0 Å². The number of nitrogens with zero attached hydrogens (tertiary/aromatic N) is 1. The summed E-state index contributed by atoms with van der Waals surface area (Å²) in [5.74, 6) is -3.36. The number of oxazole rings is 1. The lowest BCUT2D eigenvalue weighted by atomic mass is 10.3. The molecule has 1 aromatic heterocycles. The summed E-state index contributed by atoms with van der Waals surface area (Å²) in [6.07, 6.45) is 3.48. The van der Waals surface area contributed by atoms with Crippen LogP contribution in [0.25, 0.3) is 11.1 Å². The lowest BCUT2D eigenvalue weighted by Crippen LogP contribution is -2.32. The van der Waals surface area contributed by atoms with Crippen LogP contribution in [0.4, 0.5) is 14.5 Å². The summed E-state index contributed by atoms with van der Waals surface area (Å²) in [6, 6.07) is 6.47. The molecule has 1 saturated carbocycles. The van der Waals surface area contributed by atoms with Crippen molar-refractivity contribution in [1.29, 1.82) is 0 Å². The van der Waals surface area contributed by atoms with Gasteiger partial charge in [-0.15, -0.1) is 0 Å². The number of rotatable bonds is 6. The first kappa shape index (κ1) is 21.2. The lowest BCUT2D eigenvalue weighted by molar-refractivity contribution is -0.116. The molecule has 1 heterocycles. The molecule has 2 N–H and O–H groups in total. The van der Waals surface area contributed by atoms with E-state index >= 15 is 0 Å². The zero-order valence-corrected chi connectivity index (χ0v) is 17.0. The summed E-state index contributed by atoms with van der Waals surface area (Å²) in [7, 11) is -3.78. The van der Waals surface area contributed by atoms with Gasteiger partial charge in [0.05, 0.1) is 16.1 Å². The van der Waals surface area contributed by atoms with Crippen molar-refractivity contribution in [2.24, 2.45) is 0 Å². The highest BCUT2D eigenvalue weighted by molar-refractivity contribution is 7.89. The van der Waals surface area contributed by atoms with E-state index in [1.165, 1.54) is 18.2 Å². The maximum absolute atomic E-state index is 13.7. The number of benzene rings is 2. The molecule has 0 aliphatic heterocycles. The van der Waals surface area contributed by atoms with Gasteiger partial charge in [0.2, 0.25) is 15.9 Å². The van der Waals surface area contributed by atoms with Gasteiger partial charge < -0.3 is 9.73 Å². The first-order chi connectivity index (χ1) is 14.7. The van der Waals surface area contributed by atoms with Crippen LogP contribution >= 0.6 is 0 Å². The number of carbonyl (C=O) groups is 1. The first-order valence-electron chi connectivity index (χ1n) is 9.63. The molecular formula is C20H19F2N3O5S. The minimum Gasteiger partial charge on any atom is -0.408 e. The predicted octanol–water partition coefficient (Wildman–Crippen LogP) is 2.73. The fourth-order valence-electron chi connectivity index (χ4n) is 3.62. The van der Waals surface area contributed by atoms with E-state index < -0.39 is 39.9 Å². The van der Waals surface area contributed by atoms with Crippen LogP contribution in [0.2, 0.25) is 0 Å². The highest BCUT2D eigenvalue weighted by atomic mass is 32.2. The molecule has 0 atom stereocenters. The summed E-state index contributed by atoms with van der Waals surface area (Å²) >= 11 is 0. The Labute approximate surface area is 175 Å². The monoisotopic (exact) mass is 451 g/mol. The Morgan fingerprint density at radius 2 is 1.87 bits per heavy atom. The van der Waals surface area contributed by atoms with E-state index in [9.17, 15) is 26.8 Å². The summed E-state index contributed by atoms with van der Waals surface area (Å²) in [4.78, 5) is 24.4. The van der Waals surface area contributed by atoms with Gasteiger partial charge in [0.1, 0.15) is 18.2 Å². The van der Waals surface area contributed by atoms with Crippen LogP contribution in [0.3, 0.4) is 0 Å². The number of carbonyl (C=O) groups excluding carboxylic acids is 1. The number of hydrogen-bond acceptors (Lipinski definition) is 5. The normalized spacial score (nSPS) is 14.9. The molecule has 1 amide bonds. The summed E-state index contributed by atoms with van der Waals surface area (Å²) < 4.78 is 60.6. The predicted molar refractivity (Wildman–Crippen MR) is 108 cm³/mol. The molecule has 0 radical (unpaired) electrons. The molecule has 1 aliphatic rings. The molecule has 3 aromatic rings. The molecule has 0 unspecified atom stereocenters. The Balaban J connectivity index is 1.56. The van der Waals surface area contributed by atoms with Gasteiger partial charge in [-0.3, -0.25) is 9.36 Å². The molecule has 0 bridgehead atoms. The van der Waals surface area contributed by atoms with Crippen molar-refractivity contribution < 1.29 is 26.4 Å². The maximum Gasteiger partial charge on any atom is 0.420 e. The molecule has 11 heteroatoms. The minimum atomic E-state index is -3.78. The molecule has 0 spiro atoms. The van der Waals surface area contributed by atoms with Crippen molar-refractivity contribution >= 4 is 32.7 Å². The van der Waals surface area contributed by atoms with Gasteiger partial charge in [-0.25, -0.2) is 26.7 Å². The van der Waals surface area contributed by atoms with Crippen LogP contribution in [0.15, 0.2) is 50.5 Å². The quantitative estimate of drug-likeness (QED) is 0.599. The number of halogens is 2. The Bertz CT molecular complexity index is 1310. The fourth-order valence-corrected chi connectivity index (χ4v) is 4.94. The number of fused-ring (bicyclic) bond motifs is 1. The van der Waals surface area contributed by atoms with Crippen LogP contribution < -0.4 is 15.8 Å². The third-order valence-electron chi connectivity index (χ3n) is 5.13. The molecule has 0 saturated heterocycles. The largest absolute Gasteiger partial charge is 0.420 e. The number of amides is 1. The maximum atomic E-state index is 13.7. The van der Waals surface area contributed by atoms with Crippen molar-refractivity contribution in [3.8, 4) is 0 Å². The zero-order chi connectivity index (χ0) is 22.2. The van der Waals surface area contributed by atoms with Crippen LogP contribution in [-0.4, -0.2) is 24.9 Å². The topological polar surface area (TPSA) is 110 Å². The standard InChI is InChI=1S/C20H19F2N3O5S/c21-12-5-7-16(15(22)9-12)23-19(26)11-25-17-8-6-14(10-18(17)30-20(25)27)31(28,29)24-13-3-1-2-4-13/h5-10,13,24H,1-4,11H2,(H,23,26). The molecule has 164 valence electrons. The summed E-state index contributed by atoms with van der Waals surface area (Å²) in [5.41, 5.74) is -0.0294. The van der Waals surface area contributed by atoms with Gasteiger partial charge >= 0.3 is 5.76 Å². The average Bonchev–Trinajstić information content (AvgIpc) is 3.31. The van der Waals surface area contributed by atoms with Crippen molar-refractivity contribution in [2.45, 2.75) is 43.2 Å². The van der Waals surface area contributed by atoms with Gasteiger partial charge in [-0.2, -0.15) is 0 Å². The SMILES string of the molecule is O=C(Cn1c(=O)oc2cc(S(=O)(=O)NC3CCCC3)ccc21)Nc1ccc(F)cc1F. The van der Waals surface area contributed by atoms with Gasteiger partial charge in [-0.05, 0) is 37.1 Å². The van der Waals surface area contributed by atoms with Gasteiger partial charge in [0.15, 0.2) is 5.58 Å². The highest BCUT2D eigenvalue weighted by Gasteiger charge is 2.24. The van der Waals surface area contributed by atoms with Crippen molar-refractivity contribution in [3.05, 3.63) is 58.6 Å². The first-order valence-corrected chi connectivity index (χ1v) is 11.1. The Kier molecular flexibility index (Phi) is 5.63. The molecule has 31 heavy (non-hydrogen) atoms. The minimum absolute atomic E-state index is 0.0000553. The molecule has 2 aromatic carbocycles. The van der Waals surface area contributed by atoms with Gasteiger partial charge in [-0.1, -0.05) is 12.8 Å². The number of hydrogen-bond donors (Lipinski definition) is 2. The Hall–Kier alpha value is -3.05. The van der Waals surface area contributed by atoms with Crippen LogP contribution in [0.1, 0.15) is 25.7 Å². The van der Waals surface area contributed by atoms with Crippen molar-refractivity contribution in [3.63, 3.8) is 0 Å². The second kappa shape index (κ2) is 8.23. The van der Waals surface area contributed by atoms with Gasteiger partial charge in [0, 0.05) is 18.2 Å². The van der Waals surface area contributed by atoms with Crippen LogP contribution in [0, 0.1) is 11.6 Å². The van der Waals surface area contributed by atoms with E-state index in [0.717, 1.165) is 42.4 Å². The number of sulfonamides is 1. The second-order valence-electron chi connectivity index (χ2n) is 7.36. The number of anilines is 1. The van der Waals surface area contributed by atoms with E-state index in [0.29, 0.717) is 6.07 Å². The summed E-state index contributed by atoms with van der Waals surface area (Å²) in [6.45, 7) is -0.505. The molecule has 1 aliphatic carbocycles. The molecular weight excluding hydrogens is 432 g/mol.